The average molecular weight is 169 g/mol. The number of hydrogen-bond donors (Lipinski definition) is 3. The maximum Gasteiger partial charge on any atom is 0.707 e. The fourth-order valence-electron chi connectivity index (χ4n) is 0.696. The topological polar surface area (TPSA) is 82.8 Å². The highest BCUT2D eigenvalue weighted by molar-refractivity contribution is 6.33. The number of rotatable bonds is 3. The van der Waals surface area contributed by atoms with Crippen molar-refractivity contribution in [3.63, 3.8) is 0 Å². The zero-order valence-corrected chi connectivity index (χ0v) is 6.21. The standard InChI is InChI=1S/C6H8BNO4/c9-4-5-1-2-6(3-8-5)12-7(10)11/h1-3,9-11H,4H2. The highest BCUT2D eigenvalue weighted by Crippen LogP contribution is 2.08. The SMILES string of the molecule is OCc1ccc(OB(O)O)cn1. The predicted molar refractivity (Wildman–Crippen MR) is 41.0 cm³/mol. The van der Waals surface area contributed by atoms with Crippen LogP contribution in [0.3, 0.4) is 0 Å². The number of aromatic nitrogens is 1. The molecule has 12 heavy (non-hydrogen) atoms. The third-order valence-corrected chi connectivity index (χ3v) is 1.20. The molecule has 1 aromatic rings. The molecule has 64 valence electrons. The van der Waals surface area contributed by atoms with Gasteiger partial charge < -0.3 is 19.8 Å². The van der Waals surface area contributed by atoms with Crippen LogP contribution in [0, 0.1) is 0 Å². The second-order valence-electron chi connectivity index (χ2n) is 2.09. The van der Waals surface area contributed by atoms with Crippen molar-refractivity contribution in [3.05, 3.63) is 24.0 Å². The van der Waals surface area contributed by atoms with Crippen LogP contribution in [0.25, 0.3) is 0 Å². The molecule has 0 amide bonds. The summed E-state index contributed by atoms with van der Waals surface area (Å²) in [6.45, 7) is -0.151. The first-order chi connectivity index (χ1) is 5.72. The lowest BCUT2D eigenvalue weighted by Gasteiger charge is -2.03. The molecule has 0 aromatic carbocycles. The van der Waals surface area contributed by atoms with Crippen LogP contribution in [-0.2, 0) is 6.61 Å². The molecular formula is C6H8BNO4. The van der Waals surface area contributed by atoms with Crippen LogP contribution in [0.2, 0.25) is 0 Å². The van der Waals surface area contributed by atoms with Crippen molar-refractivity contribution < 1.29 is 19.8 Å². The molecule has 1 rings (SSSR count). The van der Waals surface area contributed by atoms with Crippen molar-refractivity contribution >= 4 is 7.32 Å². The first-order valence-corrected chi connectivity index (χ1v) is 3.31. The van der Waals surface area contributed by atoms with E-state index in [1.165, 1.54) is 18.3 Å². The molecule has 5 nitrogen and oxygen atoms in total. The maximum atomic E-state index is 8.61. The molecule has 1 heterocycles. The minimum absolute atomic E-state index is 0.151. The van der Waals surface area contributed by atoms with E-state index < -0.39 is 7.32 Å². The van der Waals surface area contributed by atoms with Gasteiger partial charge in [-0.3, -0.25) is 4.98 Å². The number of aliphatic hydroxyl groups excluding tert-OH is 1. The van der Waals surface area contributed by atoms with Crippen molar-refractivity contribution in [1.29, 1.82) is 0 Å². The van der Waals surface area contributed by atoms with Crippen LogP contribution in [0.4, 0.5) is 0 Å². The van der Waals surface area contributed by atoms with E-state index in [9.17, 15) is 0 Å². The van der Waals surface area contributed by atoms with E-state index in [0.29, 0.717) is 5.69 Å². The van der Waals surface area contributed by atoms with Crippen LogP contribution in [0.1, 0.15) is 5.69 Å². The largest absolute Gasteiger partial charge is 0.707 e. The maximum absolute atomic E-state index is 8.61. The summed E-state index contributed by atoms with van der Waals surface area (Å²) < 4.78 is 4.48. The van der Waals surface area contributed by atoms with Crippen LogP contribution >= 0.6 is 0 Å². The van der Waals surface area contributed by atoms with E-state index in [4.69, 9.17) is 15.2 Å². The van der Waals surface area contributed by atoms with Gasteiger partial charge in [0.25, 0.3) is 0 Å². The minimum Gasteiger partial charge on any atom is -0.511 e. The van der Waals surface area contributed by atoms with Gasteiger partial charge in [-0.2, -0.15) is 0 Å². The van der Waals surface area contributed by atoms with Crippen LogP contribution < -0.4 is 4.65 Å². The predicted octanol–water partition coefficient (Wildman–Crippen LogP) is -1.08. The molecule has 0 spiro atoms. The van der Waals surface area contributed by atoms with E-state index in [2.05, 4.69) is 9.64 Å². The molecule has 0 saturated heterocycles. The summed E-state index contributed by atoms with van der Waals surface area (Å²) in [6.07, 6.45) is 1.30. The van der Waals surface area contributed by atoms with E-state index in [1.807, 2.05) is 0 Å². The summed E-state index contributed by atoms with van der Waals surface area (Å²) >= 11 is 0. The van der Waals surface area contributed by atoms with Gasteiger partial charge >= 0.3 is 7.32 Å². The Morgan fingerprint density at radius 3 is 2.58 bits per heavy atom. The Morgan fingerprint density at radius 2 is 2.17 bits per heavy atom. The molecule has 0 aliphatic heterocycles. The summed E-state index contributed by atoms with van der Waals surface area (Å²) in [4.78, 5) is 3.75. The second-order valence-corrected chi connectivity index (χ2v) is 2.09. The molecule has 0 unspecified atom stereocenters. The summed E-state index contributed by atoms with van der Waals surface area (Å²) in [7, 11) is -1.84. The first-order valence-electron chi connectivity index (χ1n) is 3.31. The lowest BCUT2D eigenvalue weighted by Crippen LogP contribution is -2.20. The third-order valence-electron chi connectivity index (χ3n) is 1.20. The first kappa shape index (κ1) is 8.99. The van der Waals surface area contributed by atoms with Gasteiger partial charge in [0.15, 0.2) is 0 Å². The summed E-state index contributed by atoms with van der Waals surface area (Å²) in [5.74, 6) is 0.238. The average Bonchev–Trinajstić information content (AvgIpc) is 2.05. The van der Waals surface area contributed by atoms with Gasteiger partial charge in [-0.1, -0.05) is 0 Å². The monoisotopic (exact) mass is 169 g/mol. The van der Waals surface area contributed by atoms with Gasteiger partial charge in [-0.25, -0.2) is 0 Å². The Bertz CT molecular complexity index is 238. The lowest BCUT2D eigenvalue weighted by atomic mass is 10.2. The Balaban J connectivity index is 2.65. The fourth-order valence-corrected chi connectivity index (χ4v) is 0.696. The molecule has 0 fully saturated rings. The number of hydrogen-bond acceptors (Lipinski definition) is 5. The van der Waals surface area contributed by atoms with Crippen LogP contribution in [-0.4, -0.2) is 27.5 Å². The van der Waals surface area contributed by atoms with E-state index >= 15 is 0 Å². The molecule has 0 radical (unpaired) electrons. The van der Waals surface area contributed by atoms with Gasteiger partial charge in [0.1, 0.15) is 5.75 Å². The third kappa shape index (κ3) is 2.50. The van der Waals surface area contributed by atoms with Crippen molar-refractivity contribution in [3.8, 4) is 5.75 Å². The fraction of sp³-hybridized carbons (Fsp3) is 0.167. The van der Waals surface area contributed by atoms with Gasteiger partial charge in [0.05, 0.1) is 18.5 Å². The minimum atomic E-state index is -1.84. The van der Waals surface area contributed by atoms with Crippen LogP contribution in [0.5, 0.6) is 5.75 Å². The quantitative estimate of drug-likeness (QED) is 0.501. The molecular weight excluding hydrogens is 161 g/mol. The molecule has 0 saturated carbocycles. The zero-order valence-electron chi connectivity index (χ0n) is 6.21. The molecule has 0 bridgehead atoms. The highest BCUT2D eigenvalue weighted by atomic mass is 16.6. The highest BCUT2D eigenvalue weighted by Gasteiger charge is 2.10. The van der Waals surface area contributed by atoms with Gasteiger partial charge in [-0.05, 0) is 12.1 Å². The van der Waals surface area contributed by atoms with Crippen molar-refractivity contribution in [2.45, 2.75) is 6.61 Å². The molecule has 1 aromatic heterocycles. The summed E-state index contributed by atoms with van der Waals surface area (Å²) in [5.41, 5.74) is 0.495. The Morgan fingerprint density at radius 1 is 1.42 bits per heavy atom. The smallest absolute Gasteiger partial charge is 0.511 e. The number of nitrogens with zero attached hydrogens (tertiary/aromatic N) is 1. The molecule has 6 heteroatoms. The molecule has 0 aliphatic rings. The Labute approximate surface area is 69.4 Å². The number of pyridine rings is 1. The summed E-state index contributed by atoms with van der Waals surface area (Å²) in [5, 5.41) is 25.4. The van der Waals surface area contributed by atoms with E-state index in [-0.39, 0.29) is 12.4 Å². The molecule has 3 N–H and O–H groups in total. The van der Waals surface area contributed by atoms with Gasteiger partial charge in [-0.15, -0.1) is 0 Å². The molecule has 0 aliphatic carbocycles. The zero-order chi connectivity index (χ0) is 8.97. The van der Waals surface area contributed by atoms with Gasteiger partial charge in [0.2, 0.25) is 0 Å². The normalized spacial score (nSPS) is 9.58. The van der Waals surface area contributed by atoms with Crippen molar-refractivity contribution in [1.82, 2.24) is 4.98 Å². The Kier molecular flexibility index (Phi) is 3.04. The van der Waals surface area contributed by atoms with Gasteiger partial charge in [0, 0.05) is 0 Å². The van der Waals surface area contributed by atoms with E-state index in [1.54, 1.807) is 0 Å². The number of aliphatic hydroxyl groups is 1. The van der Waals surface area contributed by atoms with Crippen LogP contribution in [0.15, 0.2) is 18.3 Å². The second kappa shape index (κ2) is 4.05. The van der Waals surface area contributed by atoms with Crippen molar-refractivity contribution in [2.75, 3.05) is 0 Å². The summed E-state index contributed by atoms with van der Waals surface area (Å²) in [6, 6.07) is 3.01. The molecule has 0 atom stereocenters. The van der Waals surface area contributed by atoms with Crippen molar-refractivity contribution in [2.24, 2.45) is 0 Å². The Hall–Kier alpha value is -1.11. The lowest BCUT2D eigenvalue weighted by molar-refractivity contribution is 0.275. The van der Waals surface area contributed by atoms with E-state index in [0.717, 1.165) is 0 Å².